The number of rotatable bonds is 4. The highest BCUT2D eigenvalue weighted by Gasteiger charge is 2.23. The van der Waals surface area contributed by atoms with Crippen LogP contribution in [0.15, 0.2) is 0 Å². The van der Waals surface area contributed by atoms with Gasteiger partial charge in [0.2, 0.25) is 0 Å². The lowest BCUT2D eigenvalue weighted by molar-refractivity contribution is 0.0637. The van der Waals surface area contributed by atoms with Crippen molar-refractivity contribution in [3.8, 4) is 0 Å². The highest BCUT2D eigenvalue weighted by molar-refractivity contribution is 6.30. The minimum absolute atomic E-state index is 0.227. The summed E-state index contributed by atoms with van der Waals surface area (Å²) in [5.41, 5.74) is 1.50. The van der Waals surface area contributed by atoms with Gasteiger partial charge in [0.05, 0.1) is 12.3 Å². The van der Waals surface area contributed by atoms with E-state index in [9.17, 15) is 5.11 Å². The smallest absolute Gasteiger partial charge is 0.132 e. The molecule has 0 spiro atoms. The van der Waals surface area contributed by atoms with E-state index in [-0.39, 0.29) is 12.5 Å². The third-order valence-electron chi connectivity index (χ3n) is 2.24. The van der Waals surface area contributed by atoms with Crippen LogP contribution in [-0.4, -0.2) is 28.6 Å². The van der Waals surface area contributed by atoms with E-state index in [1.54, 1.807) is 18.8 Å². The van der Waals surface area contributed by atoms with E-state index in [1.165, 1.54) is 0 Å². The summed E-state index contributed by atoms with van der Waals surface area (Å²) in [5.74, 6) is 0.227. The fraction of sp³-hybridized carbons (Fsp3) is 0.700. The Kier molecular flexibility index (Phi) is 4.13. The Bertz CT molecular complexity index is 336. The van der Waals surface area contributed by atoms with Gasteiger partial charge in [-0.1, -0.05) is 25.4 Å². The van der Waals surface area contributed by atoms with E-state index in [2.05, 4.69) is 5.10 Å². The molecule has 0 aromatic carbocycles. The van der Waals surface area contributed by atoms with Crippen molar-refractivity contribution in [3.63, 3.8) is 0 Å². The van der Waals surface area contributed by atoms with E-state index in [4.69, 9.17) is 16.3 Å². The molecule has 1 rings (SSSR count). The number of aryl methyl sites for hydroxylation is 1. The van der Waals surface area contributed by atoms with Crippen LogP contribution in [0.5, 0.6) is 0 Å². The Labute approximate surface area is 94.8 Å². The minimum Gasteiger partial charge on any atom is -0.386 e. The molecule has 1 atom stereocenters. The Morgan fingerprint density at radius 2 is 2.13 bits per heavy atom. The molecule has 1 unspecified atom stereocenters. The van der Waals surface area contributed by atoms with Crippen molar-refractivity contribution < 1.29 is 9.84 Å². The maximum atomic E-state index is 9.88. The standard InChI is InChI=1S/C10H17ClN2O2/c1-6(2)9-8(7(14)5-15-4)10(11)13(3)12-9/h6-7,14H,5H2,1-4H3. The zero-order valence-corrected chi connectivity index (χ0v) is 10.2. The number of methoxy groups -OCH3 is 1. The first kappa shape index (κ1) is 12.5. The van der Waals surface area contributed by atoms with Crippen molar-refractivity contribution in [2.75, 3.05) is 13.7 Å². The van der Waals surface area contributed by atoms with Gasteiger partial charge in [-0.2, -0.15) is 5.10 Å². The third-order valence-corrected chi connectivity index (χ3v) is 2.69. The topological polar surface area (TPSA) is 47.3 Å². The van der Waals surface area contributed by atoms with Crippen LogP contribution in [0, 0.1) is 0 Å². The molecule has 1 N–H and O–H groups in total. The SMILES string of the molecule is COCC(O)c1c(C(C)C)nn(C)c1Cl. The lowest BCUT2D eigenvalue weighted by Gasteiger charge is -2.11. The van der Waals surface area contributed by atoms with Crippen LogP contribution in [0.4, 0.5) is 0 Å². The van der Waals surface area contributed by atoms with Gasteiger partial charge < -0.3 is 9.84 Å². The lowest BCUT2D eigenvalue weighted by Crippen LogP contribution is -2.08. The Morgan fingerprint density at radius 1 is 1.53 bits per heavy atom. The van der Waals surface area contributed by atoms with Crippen molar-refractivity contribution in [1.82, 2.24) is 9.78 Å². The van der Waals surface area contributed by atoms with Crippen molar-refractivity contribution in [1.29, 1.82) is 0 Å². The second kappa shape index (κ2) is 4.96. The number of ether oxygens (including phenoxy) is 1. The number of hydrogen-bond donors (Lipinski definition) is 1. The molecule has 5 heteroatoms. The largest absolute Gasteiger partial charge is 0.386 e. The molecule has 15 heavy (non-hydrogen) atoms. The van der Waals surface area contributed by atoms with Gasteiger partial charge in [0.25, 0.3) is 0 Å². The third kappa shape index (κ3) is 2.51. The van der Waals surface area contributed by atoms with Crippen molar-refractivity contribution in [2.24, 2.45) is 7.05 Å². The second-order valence-corrected chi connectivity index (χ2v) is 4.20. The molecule has 86 valence electrons. The molecule has 1 aromatic rings. The van der Waals surface area contributed by atoms with Crippen LogP contribution in [-0.2, 0) is 11.8 Å². The fourth-order valence-corrected chi connectivity index (χ4v) is 1.78. The van der Waals surface area contributed by atoms with Crippen LogP contribution in [0.25, 0.3) is 0 Å². The van der Waals surface area contributed by atoms with Gasteiger partial charge in [0.15, 0.2) is 0 Å². The molecular formula is C10H17ClN2O2. The summed E-state index contributed by atoms with van der Waals surface area (Å²) in [6, 6.07) is 0. The van der Waals surface area contributed by atoms with Gasteiger partial charge in [0, 0.05) is 19.7 Å². The Balaban J connectivity index is 3.12. The molecule has 0 radical (unpaired) electrons. The number of aliphatic hydroxyl groups is 1. The van der Waals surface area contributed by atoms with E-state index < -0.39 is 6.10 Å². The molecule has 0 aliphatic rings. The lowest BCUT2D eigenvalue weighted by atomic mass is 10.0. The Morgan fingerprint density at radius 3 is 2.60 bits per heavy atom. The first-order chi connectivity index (χ1) is 6.99. The number of aromatic nitrogens is 2. The molecule has 0 saturated carbocycles. The molecule has 0 amide bonds. The summed E-state index contributed by atoms with van der Waals surface area (Å²) in [7, 11) is 3.31. The predicted octanol–water partition coefficient (Wildman–Crippen LogP) is 1.88. The van der Waals surface area contributed by atoms with E-state index in [0.717, 1.165) is 5.69 Å². The van der Waals surface area contributed by atoms with E-state index in [0.29, 0.717) is 10.7 Å². The molecule has 0 saturated heterocycles. The number of hydrogen-bond acceptors (Lipinski definition) is 3. The maximum absolute atomic E-state index is 9.88. The highest BCUT2D eigenvalue weighted by atomic mass is 35.5. The summed E-state index contributed by atoms with van der Waals surface area (Å²) < 4.78 is 6.49. The van der Waals surface area contributed by atoms with E-state index in [1.807, 2.05) is 13.8 Å². The van der Waals surface area contributed by atoms with Crippen LogP contribution in [0.3, 0.4) is 0 Å². The van der Waals surface area contributed by atoms with Gasteiger partial charge in [-0.05, 0) is 5.92 Å². The summed E-state index contributed by atoms with van der Waals surface area (Å²) >= 11 is 6.07. The van der Waals surface area contributed by atoms with Crippen molar-refractivity contribution in [2.45, 2.75) is 25.9 Å². The monoisotopic (exact) mass is 232 g/mol. The quantitative estimate of drug-likeness (QED) is 0.862. The first-order valence-corrected chi connectivity index (χ1v) is 5.26. The highest BCUT2D eigenvalue weighted by Crippen LogP contribution is 2.30. The van der Waals surface area contributed by atoms with Gasteiger partial charge in [-0.3, -0.25) is 4.68 Å². The molecule has 4 nitrogen and oxygen atoms in total. The van der Waals surface area contributed by atoms with Crippen LogP contribution in [0.1, 0.15) is 37.1 Å². The number of aliphatic hydroxyl groups excluding tert-OH is 1. The van der Waals surface area contributed by atoms with Crippen LogP contribution >= 0.6 is 11.6 Å². The summed E-state index contributed by atoms with van der Waals surface area (Å²) in [4.78, 5) is 0. The van der Waals surface area contributed by atoms with Crippen LogP contribution < -0.4 is 0 Å². The van der Waals surface area contributed by atoms with Gasteiger partial charge in [-0.25, -0.2) is 0 Å². The average molecular weight is 233 g/mol. The normalized spacial score (nSPS) is 13.5. The molecule has 0 aliphatic carbocycles. The molecular weight excluding hydrogens is 216 g/mol. The van der Waals surface area contributed by atoms with Crippen LogP contribution in [0.2, 0.25) is 5.15 Å². The molecule has 0 bridgehead atoms. The maximum Gasteiger partial charge on any atom is 0.132 e. The Hall–Kier alpha value is -0.580. The number of nitrogens with zero attached hydrogens (tertiary/aromatic N) is 2. The molecule has 1 heterocycles. The molecule has 1 aromatic heterocycles. The predicted molar refractivity (Wildman–Crippen MR) is 59.1 cm³/mol. The van der Waals surface area contributed by atoms with Crippen molar-refractivity contribution in [3.05, 3.63) is 16.4 Å². The van der Waals surface area contributed by atoms with Gasteiger partial charge in [-0.15, -0.1) is 0 Å². The van der Waals surface area contributed by atoms with Gasteiger partial charge in [0.1, 0.15) is 11.3 Å². The number of halogens is 1. The molecule has 0 fully saturated rings. The summed E-state index contributed by atoms with van der Waals surface area (Å²) in [5, 5.41) is 14.6. The molecule has 0 aliphatic heterocycles. The van der Waals surface area contributed by atoms with Gasteiger partial charge >= 0.3 is 0 Å². The average Bonchev–Trinajstić information content (AvgIpc) is 2.44. The van der Waals surface area contributed by atoms with Crippen molar-refractivity contribution >= 4 is 11.6 Å². The van der Waals surface area contributed by atoms with E-state index >= 15 is 0 Å². The summed E-state index contributed by atoms with van der Waals surface area (Å²) in [6.45, 7) is 4.26. The fourth-order valence-electron chi connectivity index (χ4n) is 1.52. The second-order valence-electron chi connectivity index (χ2n) is 3.84. The first-order valence-electron chi connectivity index (χ1n) is 4.88. The zero-order valence-electron chi connectivity index (χ0n) is 9.49. The summed E-state index contributed by atoms with van der Waals surface area (Å²) in [6.07, 6.45) is -0.714. The minimum atomic E-state index is -0.714. The zero-order chi connectivity index (χ0) is 11.6.